The van der Waals surface area contributed by atoms with E-state index in [4.69, 9.17) is 4.84 Å². The lowest BCUT2D eigenvalue weighted by atomic mass is 10.0. The Balaban J connectivity index is 1.80. The molecule has 0 aliphatic carbocycles. The van der Waals surface area contributed by atoms with E-state index in [-0.39, 0.29) is 6.61 Å². The lowest BCUT2D eigenvalue weighted by molar-refractivity contribution is 0.159. The van der Waals surface area contributed by atoms with E-state index < -0.39 is 21.1 Å². The molecular formula is C21H19NO3S. The van der Waals surface area contributed by atoms with Gasteiger partial charge < -0.3 is 0 Å². The van der Waals surface area contributed by atoms with Crippen molar-refractivity contribution in [2.45, 2.75) is 16.2 Å². The van der Waals surface area contributed by atoms with Crippen molar-refractivity contribution in [1.82, 2.24) is 0 Å². The van der Waals surface area contributed by atoms with Gasteiger partial charge in [0.2, 0.25) is 0 Å². The van der Waals surface area contributed by atoms with Gasteiger partial charge in [-0.25, -0.2) is 13.5 Å². The van der Waals surface area contributed by atoms with E-state index in [1.807, 2.05) is 66.7 Å². The quantitative estimate of drug-likeness (QED) is 0.701. The van der Waals surface area contributed by atoms with Crippen LogP contribution in [0.25, 0.3) is 0 Å². The standard InChI is InChI=1S/C21H19NO3S/c23-26(24,19-14-8-3-9-15-19)20-16-25-22(18-12-6-2-7-13-18)21(20)17-10-4-1-5-11-17/h1-15,20-21H,16H2/t20-,21-/m1/s1. The summed E-state index contributed by atoms with van der Waals surface area (Å²) >= 11 is 0. The van der Waals surface area contributed by atoms with E-state index in [2.05, 4.69) is 0 Å². The number of para-hydroxylation sites is 1. The third-order valence-corrected chi connectivity index (χ3v) is 6.73. The van der Waals surface area contributed by atoms with Gasteiger partial charge >= 0.3 is 0 Å². The Labute approximate surface area is 153 Å². The second-order valence-electron chi connectivity index (χ2n) is 6.21. The van der Waals surface area contributed by atoms with E-state index >= 15 is 0 Å². The van der Waals surface area contributed by atoms with Gasteiger partial charge in [-0.15, -0.1) is 0 Å². The molecule has 132 valence electrons. The van der Waals surface area contributed by atoms with Crippen LogP contribution >= 0.6 is 0 Å². The van der Waals surface area contributed by atoms with E-state index in [1.54, 1.807) is 29.3 Å². The fourth-order valence-corrected chi connectivity index (χ4v) is 5.06. The SMILES string of the molecule is O=S(=O)(c1ccccc1)[C@@H]1CON(c2ccccc2)[C@@H]1c1ccccc1. The molecule has 0 radical (unpaired) electrons. The topological polar surface area (TPSA) is 46.6 Å². The molecule has 0 bridgehead atoms. The molecule has 1 aliphatic heterocycles. The molecule has 26 heavy (non-hydrogen) atoms. The highest BCUT2D eigenvalue weighted by molar-refractivity contribution is 7.92. The Morgan fingerprint density at radius 3 is 1.92 bits per heavy atom. The lowest BCUT2D eigenvalue weighted by Crippen LogP contribution is -2.32. The first-order valence-electron chi connectivity index (χ1n) is 8.49. The van der Waals surface area contributed by atoms with E-state index in [1.165, 1.54) is 0 Å². The zero-order valence-electron chi connectivity index (χ0n) is 14.1. The number of anilines is 1. The predicted molar refractivity (Wildman–Crippen MR) is 101 cm³/mol. The molecule has 0 aromatic heterocycles. The van der Waals surface area contributed by atoms with Crippen LogP contribution in [0, 0.1) is 0 Å². The third-order valence-electron chi connectivity index (χ3n) is 4.60. The summed E-state index contributed by atoms with van der Waals surface area (Å²) < 4.78 is 26.6. The monoisotopic (exact) mass is 365 g/mol. The predicted octanol–water partition coefficient (Wildman–Crippen LogP) is 4.02. The first-order chi connectivity index (χ1) is 12.7. The van der Waals surface area contributed by atoms with Crippen molar-refractivity contribution in [2.24, 2.45) is 0 Å². The first kappa shape index (κ1) is 16.8. The van der Waals surface area contributed by atoms with Crippen LogP contribution in [0.4, 0.5) is 5.69 Å². The van der Waals surface area contributed by atoms with E-state index in [9.17, 15) is 8.42 Å². The van der Waals surface area contributed by atoms with E-state index in [0.29, 0.717) is 4.90 Å². The highest BCUT2D eigenvalue weighted by Crippen LogP contribution is 2.40. The summed E-state index contributed by atoms with van der Waals surface area (Å²) in [5.41, 5.74) is 1.76. The van der Waals surface area contributed by atoms with Crippen LogP contribution in [0.5, 0.6) is 0 Å². The van der Waals surface area contributed by atoms with Gasteiger partial charge in [0.05, 0.1) is 17.2 Å². The van der Waals surface area contributed by atoms with Gasteiger partial charge in [0.15, 0.2) is 9.84 Å². The minimum absolute atomic E-state index is 0.117. The summed E-state index contributed by atoms with van der Waals surface area (Å²) in [4.78, 5) is 6.20. The molecule has 1 heterocycles. The number of rotatable bonds is 4. The van der Waals surface area contributed by atoms with Crippen LogP contribution in [0.3, 0.4) is 0 Å². The average Bonchev–Trinajstić information content (AvgIpc) is 3.16. The molecule has 0 spiro atoms. The Kier molecular flexibility index (Phi) is 4.49. The lowest BCUT2D eigenvalue weighted by Gasteiger charge is -2.27. The van der Waals surface area contributed by atoms with Crippen LogP contribution in [0.1, 0.15) is 11.6 Å². The molecule has 5 heteroatoms. The fourth-order valence-electron chi connectivity index (χ4n) is 3.33. The minimum Gasteiger partial charge on any atom is -0.271 e. The van der Waals surface area contributed by atoms with Gasteiger partial charge in [0, 0.05) is 0 Å². The minimum atomic E-state index is -3.54. The van der Waals surface area contributed by atoms with Crippen molar-refractivity contribution in [3.05, 3.63) is 96.6 Å². The van der Waals surface area contributed by atoms with Gasteiger partial charge in [0.25, 0.3) is 0 Å². The summed E-state index contributed by atoms with van der Waals surface area (Å²) in [5.74, 6) is 0. The molecule has 0 N–H and O–H groups in total. The maximum Gasteiger partial charge on any atom is 0.186 e. The summed E-state index contributed by atoms with van der Waals surface area (Å²) in [6.07, 6.45) is 0. The number of hydroxylamine groups is 1. The largest absolute Gasteiger partial charge is 0.271 e. The molecule has 0 saturated carbocycles. The van der Waals surface area contributed by atoms with Crippen molar-refractivity contribution >= 4 is 15.5 Å². The second-order valence-corrected chi connectivity index (χ2v) is 8.38. The van der Waals surface area contributed by atoms with Crippen molar-refractivity contribution in [3.63, 3.8) is 0 Å². The van der Waals surface area contributed by atoms with Crippen molar-refractivity contribution in [2.75, 3.05) is 11.7 Å². The number of sulfone groups is 1. The average molecular weight is 365 g/mol. The molecule has 1 saturated heterocycles. The molecule has 3 aromatic carbocycles. The molecule has 1 fully saturated rings. The summed E-state index contributed by atoms with van der Waals surface area (Å²) in [6, 6.07) is 27.4. The highest BCUT2D eigenvalue weighted by atomic mass is 32.2. The Hall–Kier alpha value is -2.63. The first-order valence-corrected chi connectivity index (χ1v) is 10.0. The summed E-state index contributed by atoms with van der Waals surface area (Å²) in [6.45, 7) is 0.117. The Morgan fingerprint density at radius 2 is 1.31 bits per heavy atom. The zero-order valence-corrected chi connectivity index (χ0v) is 14.9. The van der Waals surface area contributed by atoms with Gasteiger partial charge in [-0.1, -0.05) is 66.7 Å². The van der Waals surface area contributed by atoms with Gasteiger partial charge in [-0.2, -0.15) is 0 Å². The van der Waals surface area contributed by atoms with Crippen LogP contribution < -0.4 is 5.06 Å². The van der Waals surface area contributed by atoms with Crippen LogP contribution in [0.15, 0.2) is 95.9 Å². The number of nitrogens with zero attached hydrogens (tertiary/aromatic N) is 1. The van der Waals surface area contributed by atoms with Crippen molar-refractivity contribution in [3.8, 4) is 0 Å². The normalized spacial score (nSPS) is 20.2. The highest BCUT2D eigenvalue weighted by Gasteiger charge is 2.45. The van der Waals surface area contributed by atoms with E-state index in [0.717, 1.165) is 11.3 Å². The molecule has 4 rings (SSSR count). The molecule has 3 aromatic rings. The maximum atomic E-state index is 13.3. The van der Waals surface area contributed by atoms with Gasteiger partial charge in [0.1, 0.15) is 11.3 Å². The van der Waals surface area contributed by atoms with Crippen molar-refractivity contribution in [1.29, 1.82) is 0 Å². The molecule has 4 nitrogen and oxygen atoms in total. The zero-order chi connectivity index (χ0) is 18.0. The van der Waals surface area contributed by atoms with Crippen LogP contribution in [-0.4, -0.2) is 20.3 Å². The molecular weight excluding hydrogens is 346 g/mol. The molecule has 0 unspecified atom stereocenters. The van der Waals surface area contributed by atoms with Crippen LogP contribution in [0.2, 0.25) is 0 Å². The van der Waals surface area contributed by atoms with Crippen LogP contribution in [-0.2, 0) is 14.7 Å². The number of hydrogen-bond donors (Lipinski definition) is 0. The number of hydrogen-bond acceptors (Lipinski definition) is 4. The second kappa shape index (κ2) is 6.94. The number of benzene rings is 3. The molecule has 2 atom stereocenters. The van der Waals surface area contributed by atoms with Gasteiger partial charge in [-0.05, 0) is 29.8 Å². The fraction of sp³-hybridized carbons (Fsp3) is 0.143. The molecule has 0 amide bonds. The third kappa shape index (κ3) is 3.00. The maximum absolute atomic E-state index is 13.3. The summed E-state index contributed by atoms with van der Waals surface area (Å²) in [5, 5.41) is 1.04. The Morgan fingerprint density at radius 1 is 0.769 bits per heavy atom. The smallest absolute Gasteiger partial charge is 0.186 e. The van der Waals surface area contributed by atoms with Crippen molar-refractivity contribution < 1.29 is 13.3 Å². The molecule has 1 aliphatic rings. The summed E-state index contributed by atoms with van der Waals surface area (Å²) in [7, 11) is -3.54. The Bertz CT molecular complexity index is 960. The van der Waals surface area contributed by atoms with Gasteiger partial charge in [-0.3, -0.25) is 4.84 Å².